The average Bonchev–Trinajstić information content (AvgIpc) is 1.61. The molecular formula is C3H9O2PS. The Morgan fingerprint density at radius 3 is 2.57 bits per heavy atom. The third-order valence-corrected chi connectivity index (χ3v) is 1.27. The van der Waals surface area contributed by atoms with Crippen LogP contribution in [0, 0.1) is 0 Å². The van der Waals surface area contributed by atoms with E-state index in [1.165, 1.54) is 0 Å². The lowest BCUT2D eigenvalue weighted by Crippen LogP contribution is -1.77. The number of rotatable bonds is 3. The largest absolute Gasteiger partial charge is 0.323 e. The van der Waals surface area contributed by atoms with Gasteiger partial charge in [0.1, 0.15) is 0 Å². The van der Waals surface area contributed by atoms with E-state index in [9.17, 15) is 4.57 Å². The van der Waals surface area contributed by atoms with Gasteiger partial charge < -0.3 is 4.52 Å². The number of hydrogen-bond acceptors (Lipinski definition) is 2. The summed E-state index contributed by atoms with van der Waals surface area (Å²) in [5, 5.41) is 0. The highest BCUT2D eigenvalue weighted by molar-refractivity contribution is 8.39. The molecule has 0 aliphatic heterocycles. The van der Waals surface area contributed by atoms with Crippen molar-refractivity contribution >= 4 is 19.5 Å². The molecule has 0 saturated heterocycles. The maximum atomic E-state index is 10.0. The summed E-state index contributed by atoms with van der Waals surface area (Å²) in [5.41, 5.74) is 0. The van der Waals surface area contributed by atoms with Gasteiger partial charge in [0.25, 0.3) is 0 Å². The first-order chi connectivity index (χ1) is 3.27. The molecule has 0 aromatic heterocycles. The van der Waals surface area contributed by atoms with E-state index in [0.717, 1.165) is 6.42 Å². The first kappa shape index (κ1) is 7.54. The molecule has 0 heterocycles. The molecule has 0 spiro atoms. The minimum absolute atomic E-state index is 0.557. The summed E-state index contributed by atoms with van der Waals surface area (Å²) in [7, 11) is -1.95. The Morgan fingerprint density at radius 1 is 1.86 bits per heavy atom. The van der Waals surface area contributed by atoms with E-state index >= 15 is 0 Å². The zero-order valence-electron chi connectivity index (χ0n) is 4.18. The van der Waals surface area contributed by atoms with Crippen LogP contribution in [-0.4, -0.2) is 6.61 Å². The van der Waals surface area contributed by atoms with Gasteiger partial charge in [-0.25, -0.2) is 0 Å². The quantitative estimate of drug-likeness (QED) is 0.477. The summed E-state index contributed by atoms with van der Waals surface area (Å²) < 4.78 is 14.6. The van der Waals surface area contributed by atoms with Crippen LogP contribution in [0.3, 0.4) is 0 Å². The molecule has 0 aromatic carbocycles. The Hall–Kier alpha value is 0.540. The molecule has 1 unspecified atom stereocenters. The molecule has 0 aromatic rings. The van der Waals surface area contributed by atoms with Gasteiger partial charge in [-0.05, 0) is 6.42 Å². The molecule has 0 amide bonds. The van der Waals surface area contributed by atoms with Gasteiger partial charge in [-0.3, -0.25) is 4.57 Å². The summed E-state index contributed by atoms with van der Waals surface area (Å²) in [5.74, 6) is 0. The molecule has 0 radical (unpaired) electrons. The van der Waals surface area contributed by atoms with Crippen molar-refractivity contribution in [2.45, 2.75) is 13.3 Å². The smallest absolute Gasteiger partial charge is 0.243 e. The summed E-state index contributed by atoms with van der Waals surface area (Å²) in [4.78, 5) is 0. The Balaban J connectivity index is 2.82. The zero-order valence-corrected chi connectivity index (χ0v) is 6.07. The molecule has 4 heteroatoms. The van der Waals surface area contributed by atoms with E-state index in [0.29, 0.717) is 6.61 Å². The Morgan fingerprint density at radius 2 is 2.43 bits per heavy atom. The van der Waals surface area contributed by atoms with Crippen LogP contribution in [0.5, 0.6) is 0 Å². The summed E-state index contributed by atoms with van der Waals surface area (Å²) >= 11 is 3.56. The number of hydrogen-bond donors (Lipinski definition) is 1. The molecule has 0 aliphatic rings. The van der Waals surface area contributed by atoms with E-state index in [-0.39, 0.29) is 0 Å². The van der Waals surface area contributed by atoms with Crippen molar-refractivity contribution in [3.05, 3.63) is 0 Å². The second kappa shape index (κ2) is 4.69. The summed E-state index contributed by atoms with van der Waals surface area (Å²) in [6.07, 6.45) is 0.900. The number of thiol groups is 1. The molecule has 0 rings (SSSR count). The first-order valence-electron chi connectivity index (χ1n) is 2.13. The molecule has 0 saturated carbocycles. The lowest BCUT2D eigenvalue weighted by molar-refractivity contribution is 0.339. The van der Waals surface area contributed by atoms with Gasteiger partial charge >= 0.3 is 0 Å². The lowest BCUT2D eigenvalue weighted by atomic mass is 10.5. The van der Waals surface area contributed by atoms with Crippen molar-refractivity contribution in [3.8, 4) is 0 Å². The highest BCUT2D eigenvalue weighted by Crippen LogP contribution is 2.26. The SMILES string of the molecule is CCCO[PH](=O)S. The van der Waals surface area contributed by atoms with Crippen LogP contribution in [0.25, 0.3) is 0 Å². The van der Waals surface area contributed by atoms with Crippen LogP contribution in [0.1, 0.15) is 13.3 Å². The maximum Gasteiger partial charge on any atom is 0.243 e. The minimum Gasteiger partial charge on any atom is -0.323 e. The predicted molar refractivity (Wildman–Crippen MR) is 34.2 cm³/mol. The summed E-state index contributed by atoms with van der Waals surface area (Å²) in [6, 6.07) is 0. The van der Waals surface area contributed by atoms with Crippen molar-refractivity contribution < 1.29 is 9.09 Å². The van der Waals surface area contributed by atoms with Gasteiger partial charge in [0.05, 0.1) is 6.61 Å². The molecule has 1 atom stereocenters. The molecule has 0 aliphatic carbocycles. The normalized spacial score (nSPS) is 14.0. The second-order valence-electron chi connectivity index (χ2n) is 1.11. The second-order valence-corrected chi connectivity index (χ2v) is 3.03. The van der Waals surface area contributed by atoms with Gasteiger partial charge in [-0.1, -0.05) is 19.2 Å². The van der Waals surface area contributed by atoms with E-state index in [1.807, 2.05) is 6.92 Å². The van der Waals surface area contributed by atoms with Gasteiger partial charge in [-0.15, -0.1) is 0 Å². The fourth-order valence-electron chi connectivity index (χ4n) is 0.189. The van der Waals surface area contributed by atoms with Crippen LogP contribution >= 0.6 is 19.5 Å². The molecular weight excluding hydrogens is 131 g/mol. The zero-order chi connectivity index (χ0) is 5.70. The summed E-state index contributed by atoms with van der Waals surface area (Å²) in [6.45, 7) is 2.51. The first-order valence-corrected chi connectivity index (χ1v) is 4.73. The van der Waals surface area contributed by atoms with Crippen LogP contribution in [-0.2, 0) is 9.09 Å². The third kappa shape index (κ3) is 6.54. The predicted octanol–water partition coefficient (Wildman–Crippen LogP) is 1.73. The van der Waals surface area contributed by atoms with E-state index in [2.05, 4.69) is 16.8 Å². The molecule has 2 nitrogen and oxygen atoms in total. The molecule has 0 fully saturated rings. The topological polar surface area (TPSA) is 26.3 Å². The Kier molecular flexibility index (Phi) is 5.05. The molecule has 7 heavy (non-hydrogen) atoms. The van der Waals surface area contributed by atoms with Gasteiger partial charge in [-0.2, -0.15) is 0 Å². The van der Waals surface area contributed by atoms with Crippen molar-refractivity contribution in [1.82, 2.24) is 0 Å². The maximum absolute atomic E-state index is 10.0. The van der Waals surface area contributed by atoms with Crippen LogP contribution in [0.2, 0.25) is 0 Å². The van der Waals surface area contributed by atoms with E-state index in [4.69, 9.17) is 0 Å². The van der Waals surface area contributed by atoms with Crippen LogP contribution in [0.4, 0.5) is 0 Å². The molecule has 44 valence electrons. The Labute approximate surface area is 49.3 Å². The molecule has 0 N–H and O–H groups in total. The van der Waals surface area contributed by atoms with Gasteiger partial charge in [0, 0.05) is 0 Å². The monoisotopic (exact) mass is 140 g/mol. The lowest BCUT2D eigenvalue weighted by Gasteiger charge is -1.91. The van der Waals surface area contributed by atoms with Crippen LogP contribution < -0.4 is 0 Å². The fourth-order valence-corrected chi connectivity index (χ4v) is 0.842. The standard InChI is InChI=1S/C3H9O2PS/c1-2-3-5-6(4)7/h6H,2-3H2,1H3,(H,4,7). The van der Waals surface area contributed by atoms with Crippen molar-refractivity contribution in [1.29, 1.82) is 0 Å². The molecule has 0 bridgehead atoms. The highest BCUT2D eigenvalue weighted by atomic mass is 32.7. The van der Waals surface area contributed by atoms with E-state index in [1.54, 1.807) is 0 Å². The Bertz CT molecular complexity index is 66.0. The highest BCUT2D eigenvalue weighted by Gasteiger charge is 1.84. The minimum atomic E-state index is -1.95. The average molecular weight is 140 g/mol. The van der Waals surface area contributed by atoms with E-state index < -0.39 is 7.23 Å². The van der Waals surface area contributed by atoms with Crippen molar-refractivity contribution in [3.63, 3.8) is 0 Å². The third-order valence-electron chi connectivity index (χ3n) is 0.430. The fraction of sp³-hybridized carbons (Fsp3) is 1.00. The van der Waals surface area contributed by atoms with Crippen LogP contribution in [0.15, 0.2) is 0 Å². The van der Waals surface area contributed by atoms with Crippen molar-refractivity contribution in [2.75, 3.05) is 6.61 Å². The van der Waals surface area contributed by atoms with Crippen molar-refractivity contribution in [2.24, 2.45) is 0 Å². The van der Waals surface area contributed by atoms with Gasteiger partial charge in [0.15, 0.2) is 0 Å². The van der Waals surface area contributed by atoms with Gasteiger partial charge in [0.2, 0.25) is 7.23 Å².